The highest BCUT2D eigenvalue weighted by molar-refractivity contribution is 5.74. The largest absolute Gasteiger partial charge is 0.479 e. The zero-order valence-corrected chi connectivity index (χ0v) is 9.69. The van der Waals surface area contributed by atoms with Crippen LogP contribution < -0.4 is 10.6 Å². The first-order valence-corrected chi connectivity index (χ1v) is 5.42. The fourth-order valence-corrected chi connectivity index (χ4v) is 1.23. The van der Waals surface area contributed by atoms with E-state index in [1.54, 1.807) is 0 Å². The molecule has 6 heteroatoms. The van der Waals surface area contributed by atoms with Crippen molar-refractivity contribution in [3.63, 3.8) is 0 Å². The van der Waals surface area contributed by atoms with E-state index in [4.69, 9.17) is 10.2 Å². The van der Waals surface area contributed by atoms with Crippen LogP contribution in [0.15, 0.2) is 0 Å². The summed E-state index contributed by atoms with van der Waals surface area (Å²) in [7, 11) is 0. The molecule has 0 radical (unpaired) electrons. The number of rotatable bonds is 7. The van der Waals surface area contributed by atoms with E-state index in [2.05, 4.69) is 10.6 Å². The minimum Gasteiger partial charge on any atom is -0.479 e. The van der Waals surface area contributed by atoms with Crippen molar-refractivity contribution in [3.05, 3.63) is 0 Å². The molecule has 0 spiro atoms. The van der Waals surface area contributed by atoms with Crippen molar-refractivity contribution in [1.82, 2.24) is 10.6 Å². The minimum absolute atomic E-state index is 0.00487. The number of carbonyl (C=O) groups excluding carboxylic acids is 1. The van der Waals surface area contributed by atoms with Gasteiger partial charge in [-0.2, -0.15) is 0 Å². The van der Waals surface area contributed by atoms with Gasteiger partial charge in [0.05, 0.1) is 0 Å². The van der Waals surface area contributed by atoms with Gasteiger partial charge in [0.25, 0.3) is 0 Å². The van der Waals surface area contributed by atoms with Crippen molar-refractivity contribution in [2.45, 2.75) is 45.3 Å². The van der Waals surface area contributed by atoms with E-state index < -0.39 is 12.1 Å². The highest BCUT2D eigenvalue weighted by Crippen LogP contribution is 1.94. The third-order valence-electron chi connectivity index (χ3n) is 2.09. The van der Waals surface area contributed by atoms with Crippen LogP contribution in [0.3, 0.4) is 0 Å². The predicted molar refractivity (Wildman–Crippen MR) is 59.2 cm³/mol. The monoisotopic (exact) mass is 232 g/mol. The molecule has 0 aliphatic rings. The second-order valence-electron chi connectivity index (χ2n) is 3.73. The maximum atomic E-state index is 11.2. The number of aliphatic hydroxyl groups is 1. The second-order valence-corrected chi connectivity index (χ2v) is 3.73. The molecule has 0 aromatic carbocycles. The Balaban J connectivity index is 3.62. The summed E-state index contributed by atoms with van der Waals surface area (Å²) >= 11 is 0. The molecule has 0 aromatic rings. The fraction of sp³-hybridized carbons (Fsp3) is 0.800. The number of aliphatic carboxylic acids is 1. The van der Waals surface area contributed by atoms with Gasteiger partial charge in [0.15, 0.2) is 6.10 Å². The standard InChI is InChI=1S/C10H20N2O4/c1-3-4-7(2)12-10(16)11-6-5-8(13)9(14)15/h7-8,13H,3-6H2,1-2H3,(H,14,15)(H2,11,12,16)/t7?,8-/m0/s1. The molecule has 0 aliphatic carbocycles. The van der Waals surface area contributed by atoms with Crippen molar-refractivity contribution >= 4 is 12.0 Å². The Morgan fingerprint density at radius 2 is 1.94 bits per heavy atom. The highest BCUT2D eigenvalue weighted by atomic mass is 16.4. The van der Waals surface area contributed by atoms with Crippen LogP contribution in [-0.4, -0.2) is 40.9 Å². The highest BCUT2D eigenvalue weighted by Gasteiger charge is 2.13. The van der Waals surface area contributed by atoms with Gasteiger partial charge in [-0.1, -0.05) is 13.3 Å². The number of hydrogen-bond acceptors (Lipinski definition) is 3. The molecule has 2 amide bonds. The van der Waals surface area contributed by atoms with E-state index in [9.17, 15) is 9.59 Å². The van der Waals surface area contributed by atoms with Gasteiger partial charge >= 0.3 is 12.0 Å². The lowest BCUT2D eigenvalue weighted by Crippen LogP contribution is -2.42. The molecule has 0 bridgehead atoms. The molecule has 0 rings (SSSR count). The maximum Gasteiger partial charge on any atom is 0.332 e. The molecule has 2 atom stereocenters. The van der Waals surface area contributed by atoms with Gasteiger partial charge in [0.1, 0.15) is 0 Å². The lowest BCUT2D eigenvalue weighted by atomic mass is 10.2. The summed E-state index contributed by atoms with van der Waals surface area (Å²) in [5.41, 5.74) is 0. The summed E-state index contributed by atoms with van der Waals surface area (Å²) in [5, 5.41) is 22.5. The number of amides is 2. The quantitative estimate of drug-likeness (QED) is 0.507. The molecular weight excluding hydrogens is 212 g/mol. The second kappa shape index (κ2) is 7.92. The number of carboxylic acids is 1. The average molecular weight is 232 g/mol. The molecule has 4 N–H and O–H groups in total. The first kappa shape index (κ1) is 14.7. The van der Waals surface area contributed by atoms with Crippen molar-refractivity contribution < 1.29 is 19.8 Å². The van der Waals surface area contributed by atoms with Gasteiger partial charge in [-0.3, -0.25) is 0 Å². The Labute approximate surface area is 95.0 Å². The van der Waals surface area contributed by atoms with Crippen LogP contribution in [0.2, 0.25) is 0 Å². The molecule has 0 heterocycles. The molecular formula is C10H20N2O4. The number of hydrogen-bond donors (Lipinski definition) is 4. The lowest BCUT2D eigenvalue weighted by molar-refractivity contribution is -0.146. The van der Waals surface area contributed by atoms with Crippen molar-refractivity contribution in [2.75, 3.05) is 6.54 Å². The van der Waals surface area contributed by atoms with Crippen molar-refractivity contribution in [1.29, 1.82) is 0 Å². The predicted octanol–water partition coefficient (Wildman–Crippen LogP) is 0.310. The Kier molecular flexibility index (Phi) is 7.28. The number of carboxylic acid groups (broad SMARTS) is 1. The van der Waals surface area contributed by atoms with E-state index in [0.29, 0.717) is 0 Å². The van der Waals surface area contributed by atoms with Crippen LogP contribution in [0.1, 0.15) is 33.1 Å². The van der Waals surface area contributed by atoms with Crippen LogP contribution in [0.4, 0.5) is 4.79 Å². The van der Waals surface area contributed by atoms with E-state index in [1.807, 2.05) is 13.8 Å². The molecule has 0 saturated heterocycles. The van der Waals surface area contributed by atoms with E-state index >= 15 is 0 Å². The normalized spacial score (nSPS) is 13.9. The SMILES string of the molecule is CCCC(C)NC(=O)NCC[C@H](O)C(=O)O. The Morgan fingerprint density at radius 1 is 1.31 bits per heavy atom. The molecule has 0 fully saturated rings. The Morgan fingerprint density at radius 3 is 2.44 bits per heavy atom. The smallest absolute Gasteiger partial charge is 0.332 e. The molecule has 1 unspecified atom stereocenters. The van der Waals surface area contributed by atoms with E-state index in [1.165, 1.54) is 0 Å². The van der Waals surface area contributed by atoms with Gasteiger partial charge < -0.3 is 20.8 Å². The first-order valence-electron chi connectivity index (χ1n) is 5.42. The maximum absolute atomic E-state index is 11.2. The third-order valence-corrected chi connectivity index (χ3v) is 2.09. The van der Waals surface area contributed by atoms with Crippen LogP contribution in [0.5, 0.6) is 0 Å². The average Bonchev–Trinajstić information content (AvgIpc) is 2.17. The first-order chi connectivity index (χ1) is 7.47. The van der Waals surface area contributed by atoms with E-state index in [-0.39, 0.29) is 25.0 Å². The molecule has 0 aromatic heterocycles. The number of urea groups is 1. The summed E-state index contributed by atoms with van der Waals surface area (Å²) in [6, 6.07) is -0.243. The number of aliphatic hydroxyl groups excluding tert-OH is 1. The molecule has 16 heavy (non-hydrogen) atoms. The summed E-state index contributed by atoms with van der Waals surface area (Å²) in [4.78, 5) is 21.5. The summed E-state index contributed by atoms with van der Waals surface area (Å²) in [5.74, 6) is -1.28. The lowest BCUT2D eigenvalue weighted by Gasteiger charge is -2.13. The van der Waals surface area contributed by atoms with Crippen LogP contribution in [0, 0.1) is 0 Å². The van der Waals surface area contributed by atoms with Crippen LogP contribution in [0.25, 0.3) is 0 Å². The number of carbonyl (C=O) groups is 2. The Hall–Kier alpha value is -1.30. The van der Waals surface area contributed by atoms with Crippen LogP contribution >= 0.6 is 0 Å². The van der Waals surface area contributed by atoms with Crippen molar-refractivity contribution in [2.24, 2.45) is 0 Å². The summed E-state index contributed by atoms with van der Waals surface area (Å²) in [6.45, 7) is 4.06. The van der Waals surface area contributed by atoms with Crippen molar-refractivity contribution in [3.8, 4) is 0 Å². The molecule has 0 aliphatic heterocycles. The van der Waals surface area contributed by atoms with Gasteiger partial charge in [-0.05, 0) is 13.3 Å². The van der Waals surface area contributed by atoms with Gasteiger partial charge in [0, 0.05) is 19.0 Å². The summed E-state index contributed by atoms with van der Waals surface area (Å²) in [6.07, 6.45) is 0.461. The zero-order chi connectivity index (χ0) is 12.6. The summed E-state index contributed by atoms with van der Waals surface area (Å²) < 4.78 is 0. The molecule has 6 nitrogen and oxygen atoms in total. The molecule has 94 valence electrons. The zero-order valence-electron chi connectivity index (χ0n) is 9.69. The topological polar surface area (TPSA) is 98.7 Å². The third kappa shape index (κ3) is 7.05. The van der Waals surface area contributed by atoms with E-state index in [0.717, 1.165) is 12.8 Å². The number of nitrogens with one attached hydrogen (secondary N) is 2. The van der Waals surface area contributed by atoms with Gasteiger partial charge in [0.2, 0.25) is 0 Å². The minimum atomic E-state index is -1.42. The van der Waals surface area contributed by atoms with Crippen LogP contribution in [-0.2, 0) is 4.79 Å². The van der Waals surface area contributed by atoms with Gasteiger partial charge in [-0.25, -0.2) is 9.59 Å². The molecule has 0 saturated carbocycles. The Bertz CT molecular complexity index is 233. The van der Waals surface area contributed by atoms with Gasteiger partial charge in [-0.15, -0.1) is 0 Å². The fourth-order valence-electron chi connectivity index (χ4n) is 1.23.